The Bertz CT molecular complexity index is 617. The largest absolute Gasteiger partial charge is 0.508 e. The Kier molecular flexibility index (Phi) is 5.20. The number of phenols is 1. The second kappa shape index (κ2) is 7.11. The van der Waals surface area contributed by atoms with Gasteiger partial charge in [0.1, 0.15) is 5.75 Å². The molecule has 0 saturated carbocycles. The standard InChI is InChI=1S/C16H17ClN2O2/c17-14-7-6-12(20)10-13(14)16(21)19-9-8-15(18)11-4-2-1-3-5-11/h1-7,10,15,20H,8-9,18H2,(H,19,21). The van der Waals surface area contributed by atoms with E-state index < -0.39 is 0 Å². The van der Waals surface area contributed by atoms with E-state index in [1.165, 1.54) is 18.2 Å². The number of hydrogen-bond donors (Lipinski definition) is 3. The summed E-state index contributed by atoms with van der Waals surface area (Å²) >= 11 is 5.93. The molecule has 0 spiro atoms. The van der Waals surface area contributed by atoms with Gasteiger partial charge in [0.15, 0.2) is 0 Å². The van der Waals surface area contributed by atoms with Crippen LogP contribution in [0.3, 0.4) is 0 Å². The lowest BCUT2D eigenvalue weighted by Crippen LogP contribution is -2.27. The van der Waals surface area contributed by atoms with Crippen LogP contribution in [0.2, 0.25) is 5.02 Å². The maximum absolute atomic E-state index is 12.0. The maximum Gasteiger partial charge on any atom is 0.252 e. The van der Waals surface area contributed by atoms with Gasteiger partial charge in [0.05, 0.1) is 10.6 Å². The Balaban J connectivity index is 1.88. The first-order valence-corrected chi connectivity index (χ1v) is 7.03. The summed E-state index contributed by atoms with van der Waals surface area (Å²) in [7, 11) is 0. The van der Waals surface area contributed by atoms with Crippen molar-refractivity contribution in [2.45, 2.75) is 12.5 Å². The van der Waals surface area contributed by atoms with Crippen molar-refractivity contribution < 1.29 is 9.90 Å². The van der Waals surface area contributed by atoms with Crippen molar-refractivity contribution in [1.29, 1.82) is 0 Å². The van der Waals surface area contributed by atoms with Gasteiger partial charge in [0.2, 0.25) is 0 Å². The third-order valence-corrected chi connectivity index (χ3v) is 3.49. The summed E-state index contributed by atoms with van der Waals surface area (Å²) in [6.45, 7) is 0.431. The molecule has 2 aromatic carbocycles. The second-order valence-corrected chi connectivity index (χ2v) is 5.13. The molecule has 0 fully saturated rings. The second-order valence-electron chi connectivity index (χ2n) is 4.73. The van der Waals surface area contributed by atoms with Crippen LogP contribution < -0.4 is 11.1 Å². The van der Waals surface area contributed by atoms with Gasteiger partial charge >= 0.3 is 0 Å². The van der Waals surface area contributed by atoms with Gasteiger partial charge in [-0.15, -0.1) is 0 Å². The minimum absolute atomic E-state index is 0.00513. The Labute approximate surface area is 128 Å². The molecule has 0 saturated heterocycles. The van der Waals surface area contributed by atoms with Crippen molar-refractivity contribution in [2.75, 3.05) is 6.54 Å². The Hall–Kier alpha value is -2.04. The van der Waals surface area contributed by atoms with Crippen LogP contribution in [0.25, 0.3) is 0 Å². The molecule has 0 aliphatic heterocycles. The van der Waals surface area contributed by atoms with Crippen molar-refractivity contribution in [1.82, 2.24) is 5.32 Å². The molecule has 4 N–H and O–H groups in total. The average Bonchev–Trinajstić information content (AvgIpc) is 2.50. The molecule has 21 heavy (non-hydrogen) atoms. The number of amides is 1. The van der Waals surface area contributed by atoms with E-state index in [9.17, 15) is 9.90 Å². The predicted octanol–water partition coefficient (Wildman–Crippen LogP) is 2.87. The maximum atomic E-state index is 12.0. The number of halogens is 1. The van der Waals surface area contributed by atoms with Gasteiger partial charge in [-0.3, -0.25) is 4.79 Å². The smallest absolute Gasteiger partial charge is 0.252 e. The summed E-state index contributed by atoms with van der Waals surface area (Å²) < 4.78 is 0. The van der Waals surface area contributed by atoms with E-state index in [4.69, 9.17) is 17.3 Å². The fraction of sp³-hybridized carbons (Fsp3) is 0.188. The monoisotopic (exact) mass is 304 g/mol. The molecule has 1 atom stereocenters. The highest BCUT2D eigenvalue weighted by molar-refractivity contribution is 6.33. The van der Waals surface area contributed by atoms with Gasteiger partial charge in [-0.2, -0.15) is 0 Å². The van der Waals surface area contributed by atoms with E-state index in [1.807, 2.05) is 30.3 Å². The molecule has 0 aliphatic rings. The van der Waals surface area contributed by atoms with Crippen molar-refractivity contribution in [3.05, 3.63) is 64.7 Å². The van der Waals surface area contributed by atoms with Gasteiger partial charge in [-0.05, 0) is 30.2 Å². The van der Waals surface area contributed by atoms with Gasteiger partial charge in [0.25, 0.3) is 5.91 Å². The van der Waals surface area contributed by atoms with Gasteiger partial charge in [-0.1, -0.05) is 41.9 Å². The molecule has 0 heterocycles. The highest BCUT2D eigenvalue weighted by Crippen LogP contribution is 2.21. The summed E-state index contributed by atoms with van der Waals surface area (Å²) in [4.78, 5) is 12.0. The Morgan fingerprint density at radius 3 is 2.67 bits per heavy atom. The summed E-state index contributed by atoms with van der Waals surface area (Å²) in [6, 6.07) is 13.8. The molecular formula is C16H17ClN2O2. The fourth-order valence-corrected chi connectivity index (χ4v) is 2.19. The lowest BCUT2D eigenvalue weighted by atomic mass is 10.0. The third kappa shape index (κ3) is 4.21. The van der Waals surface area contributed by atoms with Crippen molar-refractivity contribution in [2.24, 2.45) is 5.73 Å². The van der Waals surface area contributed by atoms with Gasteiger partial charge in [0, 0.05) is 12.6 Å². The van der Waals surface area contributed by atoms with E-state index in [-0.39, 0.29) is 23.3 Å². The zero-order chi connectivity index (χ0) is 15.2. The van der Waals surface area contributed by atoms with Crippen molar-refractivity contribution >= 4 is 17.5 Å². The molecule has 0 aromatic heterocycles. The number of aromatic hydroxyl groups is 1. The SMILES string of the molecule is NC(CCNC(=O)c1cc(O)ccc1Cl)c1ccccc1. The molecule has 0 bridgehead atoms. The lowest BCUT2D eigenvalue weighted by molar-refractivity contribution is 0.0952. The zero-order valence-corrected chi connectivity index (χ0v) is 12.2. The molecule has 2 rings (SSSR count). The highest BCUT2D eigenvalue weighted by Gasteiger charge is 2.12. The van der Waals surface area contributed by atoms with Crippen LogP contribution in [-0.2, 0) is 0 Å². The molecular weight excluding hydrogens is 288 g/mol. The Morgan fingerprint density at radius 1 is 1.24 bits per heavy atom. The molecule has 2 aromatic rings. The molecule has 5 heteroatoms. The number of nitrogens with one attached hydrogen (secondary N) is 1. The van der Waals surface area contributed by atoms with E-state index in [2.05, 4.69) is 5.32 Å². The van der Waals surface area contributed by atoms with Gasteiger partial charge in [-0.25, -0.2) is 0 Å². The summed E-state index contributed by atoms with van der Waals surface area (Å²) in [5.74, 6) is -0.318. The van der Waals surface area contributed by atoms with Crippen molar-refractivity contribution in [3.63, 3.8) is 0 Å². The number of nitrogens with two attached hydrogens (primary N) is 1. The number of hydrogen-bond acceptors (Lipinski definition) is 3. The average molecular weight is 305 g/mol. The van der Waals surface area contributed by atoms with Crippen LogP contribution in [0, 0.1) is 0 Å². The Morgan fingerprint density at radius 2 is 1.95 bits per heavy atom. The molecule has 0 radical (unpaired) electrons. The number of carbonyl (C=O) groups is 1. The van der Waals surface area contributed by atoms with E-state index >= 15 is 0 Å². The number of phenolic OH excluding ortho intramolecular Hbond substituents is 1. The topological polar surface area (TPSA) is 75.3 Å². The first kappa shape index (κ1) is 15.4. The van der Waals surface area contributed by atoms with Crippen LogP contribution in [0.4, 0.5) is 0 Å². The first-order chi connectivity index (χ1) is 10.1. The van der Waals surface area contributed by atoms with Crippen LogP contribution >= 0.6 is 11.6 Å². The minimum Gasteiger partial charge on any atom is -0.508 e. The quantitative estimate of drug-likeness (QED) is 0.795. The molecule has 110 valence electrons. The molecule has 4 nitrogen and oxygen atoms in total. The van der Waals surface area contributed by atoms with Crippen LogP contribution in [0.1, 0.15) is 28.4 Å². The van der Waals surface area contributed by atoms with E-state index in [0.717, 1.165) is 5.56 Å². The minimum atomic E-state index is -0.323. The molecule has 0 aliphatic carbocycles. The van der Waals surface area contributed by atoms with E-state index in [1.54, 1.807) is 0 Å². The molecule has 1 amide bonds. The summed E-state index contributed by atoms with van der Waals surface area (Å²) in [5, 5.41) is 12.4. The van der Waals surface area contributed by atoms with Crippen LogP contribution in [0.15, 0.2) is 48.5 Å². The number of rotatable bonds is 5. The van der Waals surface area contributed by atoms with E-state index in [0.29, 0.717) is 18.0 Å². The normalized spacial score (nSPS) is 11.9. The third-order valence-electron chi connectivity index (χ3n) is 3.16. The fourth-order valence-electron chi connectivity index (χ4n) is 1.99. The van der Waals surface area contributed by atoms with Crippen LogP contribution in [0.5, 0.6) is 5.75 Å². The summed E-state index contributed by atoms with van der Waals surface area (Å²) in [6.07, 6.45) is 0.617. The zero-order valence-electron chi connectivity index (χ0n) is 11.4. The highest BCUT2D eigenvalue weighted by atomic mass is 35.5. The predicted molar refractivity (Wildman–Crippen MR) is 83.4 cm³/mol. The lowest BCUT2D eigenvalue weighted by Gasteiger charge is -2.13. The first-order valence-electron chi connectivity index (χ1n) is 6.65. The number of benzene rings is 2. The molecule has 1 unspecified atom stereocenters. The van der Waals surface area contributed by atoms with Gasteiger partial charge < -0.3 is 16.2 Å². The van der Waals surface area contributed by atoms with Crippen molar-refractivity contribution in [3.8, 4) is 5.75 Å². The van der Waals surface area contributed by atoms with Crippen LogP contribution in [-0.4, -0.2) is 17.6 Å². The number of carbonyl (C=O) groups excluding carboxylic acids is 1. The summed E-state index contributed by atoms with van der Waals surface area (Å²) in [5.41, 5.74) is 7.34.